The van der Waals surface area contributed by atoms with Gasteiger partial charge in [-0.05, 0) is 30.9 Å². The maximum absolute atomic E-state index is 5.91. The first kappa shape index (κ1) is 12.9. The first-order chi connectivity index (χ1) is 9.63. The van der Waals surface area contributed by atoms with Crippen LogP contribution in [0.5, 0.6) is 0 Å². The highest BCUT2D eigenvalue weighted by molar-refractivity contribution is 5.48. The van der Waals surface area contributed by atoms with E-state index in [4.69, 9.17) is 5.73 Å². The third-order valence-corrected chi connectivity index (χ3v) is 3.75. The highest BCUT2D eigenvalue weighted by atomic mass is 15.2. The summed E-state index contributed by atoms with van der Waals surface area (Å²) in [6, 6.07) is 10.3. The number of hydrogen-bond acceptors (Lipinski definition) is 4. The molecule has 1 aromatic heterocycles. The molecule has 0 radical (unpaired) electrons. The molecule has 2 N–H and O–H groups in total. The lowest BCUT2D eigenvalue weighted by Crippen LogP contribution is -2.19. The van der Waals surface area contributed by atoms with Crippen molar-refractivity contribution in [2.75, 3.05) is 17.7 Å². The molecule has 1 heterocycles. The normalized spacial score (nSPS) is 14.3. The van der Waals surface area contributed by atoms with Crippen LogP contribution in [0.4, 0.5) is 11.6 Å². The van der Waals surface area contributed by atoms with Crippen LogP contribution in [0.25, 0.3) is 0 Å². The van der Waals surface area contributed by atoms with E-state index in [1.54, 1.807) is 0 Å². The quantitative estimate of drug-likeness (QED) is 0.926. The molecule has 1 aliphatic rings. The van der Waals surface area contributed by atoms with Gasteiger partial charge >= 0.3 is 0 Å². The molecule has 0 saturated heterocycles. The van der Waals surface area contributed by atoms with Crippen LogP contribution in [0.3, 0.4) is 0 Å². The first-order valence-electron chi connectivity index (χ1n) is 7.03. The first-order valence-corrected chi connectivity index (χ1v) is 7.03. The van der Waals surface area contributed by atoms with Gasteiger partial charge in [0.25, 0.3) is 0 Å². The second-order valence-electron chi connectivity index (χ2n) is 5.57. The van der Waals surface area contributed by atoms with E-state index in [1.807, 2.05) is 13.1 Å². The fourth-order valence-corrected chi connectivity index (χ4v) is 2.32. The smallest absolute Gasteiger partial charge is 0.136 e. The van der Waals surface area contributed by atoms with E-state index in [0.29, 0.717) is 11.7 Å². The van der Waals surface area contributed by atoms with Crippen LogP contribution >= 0.6 is 0 Å². The van der Waals surface area contributed by atoms with E-state index < -0.39 is 0 Å². The summed E-state index contributed by atoms with van der Waals surface area (Å²) in [5.74, 6) is 2.89. The Morgan fingerprint density at radius 1 is 1.25 bits per heavy atom. The van der Waals surface area contributed by atoms with Gasteiger partial charge in [-0.15, -0.1) is 0 Å². The van der Waals surface area contributed by atoms with Crippen molar-refractivity contribution in [1.82, 2.24) is 9.97 Å². The van der Waals surface area contributed by atoms with Crippen LogP contribution in [0.2, 0.25) is 0 Å². The van der Waals surface area contributed by atoms with Crippen molar-refractivity contribution in [3.63, 3.8) is 0 Å². The lowest BCUT2D eigenvalue weighted by atomic mass is 10.1. The fourth-order valence-electron chi connectivity index (χ4n) is 2.32. The minimum Gasteiger partial charge on any atom is -0.384 e. The summed E-state index contributed by atoms with van der Waals surface area (Å²) in [5.41, 5.74) is 8.51. The van der Waals surface area contributed by atoms with E-state index in [2.05, 4.69) is 46.1 Å². The van der Waals surface area contributed by atoms with Gasteiger partial charge in [-0.2, -0.15) is 0 Å². The largest absolute Gasteiger partial charge is 0.384 e. The van der Waals surface area contributed by atoms with E-state index in [-0.39, 0.29) is 0 Å². The lowest BCUT2D eigenvalue weighted by Gasteiger charge is -2.20. The lowest BCUT2D eigenvalue weighted by molar-refractivity contribution is 0.853. The Balaban J connectivity index is 1.83. The second-order valence-corrected chi connectivity index (χ2v) is 5.57. The van der Waals surface area contributed by atoms with Gasteiger partial charge in [0, 0.05) is 25.6 Å². The Bertz CT molecular complexity index is 620. The number of anilines is 2. The van der Waals surface area contributed by atoms with Gasteiger partial charge in [0.15, 0.2) is 0 Å². The van der Waals surface area contributed by atoms with Gasteiger partial charge in [-0.1, -0.05) is 24.3 Å². The summed E-state index contributed by atoms with van der Waals surface area (Å²) < 4.78 is 0. The number of benzene rings is 1. The molecule has 0 aliphatic heterocycles. The Labute approximate surface area is 119 Å². The summed E-state index contributed by atoms with van der Waals surface area (Å²) in [6.45, 7) is 2.96. The molecule has 0 bridgehead atoms. The molecule has 1 fully saturated rings. The van der Waals surface area contributed by atoms with Crippen molar-refractivity contribution in [1.29, 1.82) is 0 Å². The zero-order valence-electron chi connectivity index (χ0n) is 12.0. The van der Waals surface area contributed by atoms with Crippen LogP contribution in [0.1, 0.15) is 35.7 Å². The number of aryl methyl sites for hydroxylation is 1. The molecule has 1 aromatic carbocycles. The maximum Gasteiger partial charge on any atom is 0.136 e. The van der Waals surface area contributed by atoms with Crippen LogP contribution < -0.4 is 10.6 Å². The fraction of sp³-hybridized carbons (Fsp3) is 0.375. The Morgan fingerprint density at radius 2 is 2.00 bits per heavy atom. The number of nitrogens with zero attached hydrogens (tertiary/aromatic N) is 3. The molecule has 20 heavy (non-hydrogen) atoms. The van der Waals surface area contributed by atoms with Crippen molar-refractivity contribution in [3.8, 4) is 0 Å². The third-order valence-electron chi connectivity index (χ3n) is 3.75. The Hall–Kier alpha value is -2.10. The number of nitrogen functional groups attached to an aromatic ring is 1. The number of aromatic nitrogens is 2. The number of hydrogen-bond donors (Lipinski definition) is 1. The molecule has 4 nitrogen and oxygen atoms in total. The second kappa shape index (κ2) is 5.12. The maximum atomic E-state index is 5.91. The molecule has 1 aliphatic carbocycles. The molecule has 104 valence electrons. The topological polar surface area (TPSA) is 55.0 Å². The minimum atomic E-state index is 0.518. The molecule has 4 heteroatoms. The van der Waals surface area contributed by atoms with Crippen LogP contribution in [-0.2, 0) is 6.54 Å². The molecule has 0 atom stereocenters. The number of rotatable bonds is 4. The predicted molar refractivity (Wildman–Crippen MR) is 81.7 cm³/mol. The molecule has 3 rings (SSSR count). The van der Waals surface area contributed by atoms with E-state index in [9.17, 15) is 0 Å². The summed E-state index contributed by atoms with van der Waals surface area (Å²) in [5, 5.41) is 0. The molecular formula is C16H20N4. The Kier molecular flexibility index (Phi) is 3.30. The van der Waals surface area contributed by atoms with E-state index in [0.717, 1.165) is 18.2 Å². The zero-order chi connectivity index (χ0) is 14.1. The molecular weight excluding hydrogens is 248 g/mol. The third kappa shape index (κ3) is 2.74. The molecule has 0 unspecified atom stereocenters. The molecule has 1 saturated carbocycles. The number of nitrogens with two attached hydrogens (primary N) is 1. The monoisotopic (exact) mass is 268 g/mol. The molecule has 0 amide bonds. The van der Waals surface area contributed by atoms with Gasteiger partial charge in [0.1, 0.15) is 17.5 Å². The summed E-state index contributed by atoms with van der Waals surface area (Å²) in [4.78, 5) is 11.1. The van der Waals surface area contributed by atoms with Crippen LogP contribution in [-0.4, -0.2) is 17.0 Å². The van der Waals surface area contributed by atoms with Gasteiger partial charge in [-0.3, -0.25) is 0 Å². The van der Waals surface area contributed by atoms with Gasteiger partial charge in [0.05, 0.1) is 0 Å². The Morgan fingerprint density at radius 3 is 2.70 bits per heavy atom. The predicted octanol–water partition coefficient (Wildman–Crippen LogP) is 2.88. The SMILES string of the molecule is Cc1ccccc1CN(C)c1cc(N)nc(C2CC2)n1. The van der Waals surface area contributed by atoms with Gasteiger partial charge in [-0.25, -0.2) is 9.97 Å². The highest BCUT2D eigenvalue weighted by Crippen LogP contribution is 2.38. The average Bonchev–Trinajstić information content (AvgIpc) is 3.25. The molecule has 0 spiro atoms. The van der Waals surface area contributed by atoms with Crippen molar-refractivity contribution in [2.45, 2.75) is 32.2 Å². The zero-order valence-corrected chi connectivity index (χ0v) is 12.0. The van der Waals surface area contributed by atoms with E-state index in [1.165, 1.54) is 24.0 Å². The summed E-state index contributed by atoms with van der Waals surface area (Å²) >= 11 is 0. The van der Waals surface area contributed by atoms with Crippen LogP contribution in [0, 0.1) is 6.92 Å². The highest BCUT2D eigenvalue weighted by Gasteiger charge is 2.27. The van der Waals surface area contributed by atoms with Crippen molar-refractivity contribution in [3.05, 3.63) is 47.3 Å². The molecule has 2 aromatic rings. The summed E-state index contributed by atoms with van der Waals surface area (Å²) in [6.07, 6.45) is 2.37. The summed E-state index contributed by atoms with van der Waals surface area (Å²) in [7, 11) is 2.05. The van der Waals surface area contributed by atoms with E-state index >= 15 is 0 Å². The van der Waals surface area contributed by atoms with Gasteiger partial charge in [0.2, 0.25) is 0 Å². The van der Waals surface area contributed by atoms with Crippen LogP contribution in [0.15, 0.2) is 30.3 Å². The van der Waals surface area contributed by atoms with Gasteiger partial charge < -0.3 is 10.6 Å². The van der Waals surface area contributed by atoms with Crippen molar-refractivity contribution in [2.24, 2.45) is 0 Å². The van der Waals surface area contributed by atoms with Crippen molar-refractivity contribution >= 4 is 11.6 Å². The standard InChI is InChI=1S/C16H20N4/c1-11-5-3-4-6-13(11)10-20(2)15-9-14(17)18-16(19-15)12-7-8-12/h3-6,9,12H,7-8,10H2,1-2H3,(H2,17,18,19). The average molecular weight is 268 g/mol. The minimum absolute atomic E-state index is 0.518. The van der Waals surface area contributed by atoms with Crippen molar-refractivity contribution < 1.29 is 0 Å².